The fraction of sp³-hybridized carbons (Fsp3) is 0.417. The summed E-state index contributed by atoms with van der Waals surface area (Å²) in [5.41, 5.74) is 7.48. The van der Waals surface area contributed by atoms with Gasteiger partial charge in [0.15, 0.2) is 0 Å². The molecule has 82 valence electrons. The first kappa shape index (κ1) is 11.6. The topological polar surface area (TPSA) is 52.3 Å². The van der Waals surface area contributed by atoms with Gasteiger partial charge in [0.1, 0.15) is 5.75 Å². The quantitative estimate of drug-likeness (QED) is 0.750. The molecule has 1 amide bonds. The molecule has 0 atom stereocenters. The van der Waals surface area contributed by atoms with Crippen molar-refractivity contribution < 1.29 is 9.53 Å². The maximum atomic E-state index is 10.5. The van der Waals surface area contributed by atoms with Gasteiger partial charge < -0.3 is 10.5 Å². The second-order valence-electron chi connectivity index (χ2n) is 3.66. The first-order valence-corrected chi connectivity index (χ1v) is 5.08. The van der Waals surface area contributed by atoms with Crippen LogP contribution in [0.15, 0.2) is 18.2 Å². The van der Waals surface area contributed by atoms with Crippen LogP contribution in [0.2, 0.25) is 0 Å². The highest BCUT2D eigenvalue weighted by atomic mass is 16.5. The molecule has 3 heteroatoms. The standard InChI is InChI=1S/C12H17NO2/c1-9-5-6-11(8-10(9)2)15-7-3-4-12(13)14/h5-6,8H,3-4,7H2,1-2H3,(H2,13,14). The van der Waals surface area contributed by atoms with Gasteiger partial charge in [-0.15, -0.1) is 0 Å². The molecule has 0 aromatic heterocycles. The van der Waals surface area contributed by atoms with E-state index in [-0.39, 0.29) is 5.91 Å². The SMILES string of the molecule is Cc1ccc(OCCCC(N)=O)cc1C. The van der Waals surface area contributed by atoms with Gasteiger partial charge in [-0.2, -0.15) is 0 Å². The highest BCUT2D eigenvalue weighted by Gasteiger charge is 1.98. The summed E-state index contributed by atoms with van der Waals surface area (Å²) in [6.07, 6.45) is 1.05. The van der Waals surface area contributed by atoms with Crippen LogP contribution in [0.3, 0.4) is 0 Å². The van der Waals surface area contributed by atoms with Crippen LogP contribution in [0.25, 0.3) is 0 Å². The van der Waals surface area contributed by atoms with Crippen LogP contribution >= 0.6 is 0 Å². The maximum Gasteiger partial charge on any atom is 0.217 e. The zero-order valence-electron chi connectivity index (χ0n) is 9.25. The Hall–Kier alpha value is -1.51. The van der Waals surface area contributed by atoms with E-state index in [1.807, 2.05) is 25.1 Å². The molecule has 0 aliphatic rings. The normalized spacial score (nSPS) is 10.0. The molecule has 0 saturated heterocycles. The van der Waals surface area contributed by atoms with E-state index in [0.29, 0.717) is 19.4 Å². The average Bonchev–Trinajstić information content (AvgIpc) is 2.18. The van der Waals surface area contributed by atoms with E-state index in [9.17, 15) is 4.79 Å². The number of hydrogen-bond acceptors (Lipinski definition) is 2. The first-order chi connectivity index (χ1) is 7.09. The molecule has 2 N–H and O–H groups in total. The number of carbonyl (C=O) groups is 1. The summed E-state index contributed by atoms with van der Waals surface area (Å²) in [7, 11) is 0. The Kier molecular flexibility index (Phi) is 4.16. The van der Waals surface area contributed by atoms with Crippen LogP contribution in [0.4, 0.5) is 0 Å². The maximum absolute atomic E-state index is 10.5. The van der Waals surface area contributed by atoms with Crippen LogP contribution in [0.1, 0.15) is 24.0 Å². The number of carbonyl (C=O) groups excluding carboxylic acids is 1. The Balaban J connectivity index is 2.38. The minimum atomic E-state index is -0.279. The molecular weight excluding hydrogens is 190 g/mol. The third-order valence-electron chi connectivity index (χ3n) is 2.31. The molecule has 15 heavy (non-hydrogen) atoms. The van der Waals surface area contributed by atoms with E-state index < -0.39 is 0 Å². The number of hydrogen-bond donors (Lipinski definition) is 1. The molecular formula is C12H17NO2. The van der Waals surface area contributed by atoms with Crippen LogP contribution in [-0.2, 0) is 4.79 Å². The number of aryl methyl sites for hydroxylation is 2. The molecule has 3 nitrogen and oxygen atoms in total. The zero-order valence-corrected chi connectivity index (χ0v) is 9.25. The van der Waals surface area contributed by atoms with E-state index in [0.717, 1.165) is 5.75 Å². The number of primary amides is 1. The summed E-state index contributed by atoms with van der Waals surface area (Å²) in [5.74, 6) is 0.571. The van der Waals surface area contributed by atoms with Gasteiger partial charge in [0.25, 0.3) is 0 Å². The lowest BCUT2D eigenvalue weighted by Gasteiger charge is -2.07. The lowest BCUT2D eigenvalue weighted by molar-refractivity contribution is -0.118. The lowest BCUT2D eigenvalue weighted by Crippen LogP contribution is -2.11. The van der Waals surface area contributed by atoms with Gasteiger partial charge in [0.2, 0.25) is 5.91 Å². The smallest absolute Gasteiger partial charge is 0.217 e. The fourth-order valence-corrected chi connectivity index (χ4v) is 1.24. The van der Waals surface area contributed by atoms with Crippen molar-refractivity contribution >= 4 is 5.91 Å². The van der Waals surface area contributed by atoms with Crippen molar-refractivity contribution in [2.45, 2.75) is 26.7 Å². The van der Waals surface area contributed by atoms with E-state index in [2.05, 4.69) is 6.92 Å². The Morgan fingerprint density at radius 1 is 1.33 bits per heavy atom. The van der Waals surface area contributed by atoms with E-state index in [1.165, 1.54) is 11.1 Å². The predicted molar refractivity (Wildman–Crippen MR) is 59.8 cm³/mol. The van der Waals surface area contributed by atoms with Crippen LogP contribution in [0.5, 0.6) is 5.75 Å². The lowest BCUT2D eigenvalue weighted by atomic mass is 10.1. The third kappa shape index (κ3) is 4.02. The molecule has 0 saturated carbocycles. The fourth-order valence-electron chi connectivity index (χ4n) is 1.24. The highest BCUT2D eigenvalue weighted by Crippen LogP contribution is 2.16. The van der Waals surface area contributed by atoms with Crippen molar-refractivity contribution in [1.82, 2.24) is 0 Å². The Labute approximate surface area is 90.2 Å². The monoisotopic (exact) mass is 207 g/mol. The van der Waals surface area contributed by atoms with Crippen LogP contribution in [-0.4, -0.2) is 12.5 Å². The van der Waals surface area contributed by atoms with Crippen LogP contribution < -0.4 is 10.5 Å². The minimum Gasteiger partial charge on any atom is -0.494 e. The highest BCUT2D eigenvalue weighted by molar-refractivity contribution is 5.73. The first-order valence-electron chi connectivity index (χ1n) is 5.08. The summed E-state index contributed by atoms with van der Waals surface area (Å²) >= 11 is 0. The molecule has 0 radical (unpaired) electrons. The molecule has 1 aromatic rings. The molecule has 0 aliphatic carbocycles. The van der Waals surface area contributed by atoms with Gasteiger partial charge in [0.05, 0.1) is 6.61 Å². The summed E-state index contributed by atoms with van der Waals surface area (Å²) in [4.78, 5) is 10.5. The zero-order chi connectivity index (χ0) is 11.3. The summed E-state index contributed by atoms with van der Waals surface area (Å²) in [6, 6.07) is 5.96. The molecule has 0 spiro atoms. The van der Waals surface area contributed by atoms with Gasteiger partial charge in [-0.25, -0.2) is 0 Å². The predicted octanol–water partition coefficient (Wildman–Crippen LogP) is 1.95. The molecule has 0 fully saturated rings. The minimum absolute atomic E-state index is 0.279. The molecule has 0 bridgehead atoms. The van der Waals surface area contributed by atoms with Gasteiger partial charge in [-0.05, 0) is 43.5 Å². The molecule has 0 aliphatic heterocycles. The van der Waals surface area contributed by atoms with Crippen molar-refractivity contribution in [1.29, 1.82) is 0 Å². The molecule has 0 unspecified atom stereocenters. The Bertz CT molecular complexity index is 347. The van der Waals surface area contributed by atoms with Crippen molar-refractivity contribution in [2.24, 2.45) is 5.73 Å². The number of nitrogens with two attached hydrogens (primary N) is 1. The molecule has 1 aromatic carbocycles. The summed E-state index contributed by atoms with van der Waals surface area (Å²) in [6.45, 7) is 4.64. The number of benzene rings is 1. The third-order valence-corrected chi connectivity index (χ3v) is 2.31. The second kappa shape index (κ2) is 5.39. The molecule has 1 rings (SSSR count). The Morgan fingerprint density at radius 3 is 2.67 bits per heavy atom. The van der Waals surface area contributed by atoms with Gasteiger partial charge in [-0.1, -0.05) is 6.07 Å². The largest absolute Gasteiger partial charge is 0.494 e. The second-order valence-corrected chi connectivity index (χ2v) is 3.66. The van der Waals surface area contributed by atoms with Gasteiger partial charge in [-0.3, -0.25) is 4.79 Å². The number of ether oxygens (including phenoxy) is 1. The van der Waals surface area contributed by atoms with Crippen molar-refractivity contribution in [3.05, 3.63) is 29.3 Å². The van der Waals surface area contributed by atoms with Crippen molar-refractivity contribution in [3.63, 3.8) is 0 Å². The van der Waals surface area contributed by atoms with Gasteiger partial charge >= 0.3 is 0 Å². The van der Waals surface area contributed by atoms with E-state index in [4.69, 9.17) is 10.5 Å². The summed E-state index contributed by atoms with van der Waals surface area (Å²) < 4.78 is 5.48. The van der Waals surface area contributed by atoms with Crippen molar-refractivity contribution in [2.75, 3.05) is 6.61 Å². The van der Waals surface area contributed by atoms with E-state index >= 15 is 0 Å². The Morgan fingerprint density at radius 2 is 2.07 bits per heavy atom. The summed E-state index contributed by atoms with van der Waals surface area (Å²) in [5, 5.41) is 0. The molecule has 0 heterocycles. The number of amides is 1. The van der Waals surface area contributed by atoms with E-state index in [1.54, 1.807) is 0 Å². The average molecular weight is 207 g/mol. The van der Waals surface area contributed by atoms with Gasteiger partial charge in [0, 0.05) is 6.42 Å². The van der Waals surface area contributed by atoms with Crippen molar-refractivity contribution in [3.8, 4) is 5.75 Å². The number of rotatable bonds is 5. The van der Waals surface area contributed by atoms with Crippen LogP contribution in [0, 0.1) is 13.8 Å².